The molecule has 3 aromatic rings. The summed E-state index contributed by atoms with van der Waals surface area (Å²) in [7, 11) is 1.70. The summed E-state index contributed by atoms with van der Waals surface area (Å²) in [5.74, 6) is -1.05. The summed E-state index contributed by atoms with van der Waals surface area (Å²) in [5, 5.41) is 17.8. The lowest BCUT2D eigenvalue weighted by atomic mass is 10.1. The van der Waals surface area contributed by atoms with Crippen molar-refractivity contribution in [3.63, 3.8) is 0 Å². The van der Waals surface area contributed by atoms with Gasteiger partial charge in [0.15, 0.2) is 11.3 Å². The summed E-state index contributed by atoms with van der Waals surface area (Å²) < 4.78 is 6.84. The smallest absolute Gasteiger partial charge is 0.356 e. The highest BCUT2D eigenvalue weighted by atomic mass is 16.5. The molecule has 0 aliphatic rings. The van der Waals surface area contributed by atoms with Crippen molar-refractivity contribution < 1.29 is 14.4 Å². The molecular weight excluding hydrogens is 246 g/mol. The zero-order chi connectivity index (χ0) is 13.6. The first-order chi connectivity index (χ1) is 9.08. The average molecular weight is 257 g/mol. The lowest BCUT2D eigenvalue weighted by Crippen LogP contribution is -1.99. The van der Waals surface area contributed by atoms with E-state index in [4.69, 9.17) is 9.63 Å². The van der Waals surface area contributed by atoms with E-state index < -0.39 is 5.97 Å². The Balaban J connectivity index is 2.27. The zero-order valence-electron chi connectivity index (χ0n) is 10.4. The molecule has 0 atom stereocenters. The van der Waals surface area contributed by atoms with Crippen LogP contribution in [0.2, 0.25) is 0 Å². The first-order valence-corrected chi connectivity index (χ1v) is 5.70. The van der Waals surface area contributed by atoms with Crippen LogP contribution in [0.1, 0.15) is 16.2 Å². The van der Waals surface area contributed by atoms with Gasteiger partial charge in [-0.1, -0.05) is 11.2 Å². The minimum atomic E-state index is -1.05. The second-order valence-corrected chi connectivity index (χ2v) is 4.29. The van der Waals surface area contributed by atoms with Gasteiger partial charge in [0, 0.05) is 18.0 Å². The normalized spacial score (nSPS) is 11.1. The Morgan fingerprint density at radius 3 is 2.89 bits per heavy atom. The third kappa shape index (κ3) is 1.69. The highest BCUT2D eigenvalue weighted by Crippen LogP contribution is 2.30. The van der Waals surface area contributed by atoms with Gasteiger partial charge in [0.25, 0.3) is 0 Å². The molecule has 3 rings (SSSR count). The lowest BCUT2D eigenvalue weighted by Gasteiger charge is -2.01. The van der Waals surface area contributed by atoms with Crippen molar-refractivity contribution in [2.75, 3.05) is 0 Å². The van der Waals surface area contributed by atoms with Crippen molar-refractivity contribution >= 4 is 16.9 Å². The molecule has 2 aromatic heterocycles. The van der Waals surface area contributed by atoms with Gasteiger partial charge in [-0.15, -0.1) is 0 Å². The maximum absolute atomic E-state index is 11.0. The topological polar surface area (TPSA) is 81.2 Å². The number of carbonyl (C=O) groups is 1. The molecule has 0 fully saturated rings. The molecule has 0 unspecified atom stereocenters. The largest absolute Gasteiger partial charge is 0.476 e. The van der Waals surface area contributed by atoms with Gasteiger partial charge in [0.2, 0.25) is 0 Å². The molecule has 0 spiro atoms. The van der Waals surface area contributed by atoms with Crippen LogP contribution in [-0.2, 0) is 7.05 Å². The summed E-state index contributed by atoms with van der Waals surface area (Å²) >= 11 is 0. The molecule has 0 amide bonds. The Morgan fingerprint density at radius 1 is 1.42 bits per heavy atom. The van der Waals surface area contributed by atoms with E-state index in [1.54, 1.807) is 7.05 Å². The van der Waals surface area contributed by atoms with Gasteiger partial charge in [-0.05, 0) is 25.1 Å². The number of benzene rings is 1. The molecule has 19 heavy (non-hydrogen) atoms. The van der Waals surface area contributed by atoms with E-state index in [-0.39, 0.29) is 5.69 Å². The predicted molar refractivity (Wildman–Crippen MR) is 67.9 cm³/mol. The molecule has 1 N–H and O–H groups in total. The number of aromatic carboxylic acids is 1. The maximum Gasteiger partial charge on any atom is 0.356 e. The van der Waals surface area contributed by atoms with E-state index in [9.17, 15) is 4.79 Å². The molecule has 0 saturated carbocycles. The molecule has 96 valence electrons. The van der Waals surface area contributed by atoms with E-state index in [0.29, 0.717) is 11.3 Å². The molecule has 0 aliphatic carbocycles. The first kappa shape index (κ1) is 11.5. The quantitative estimate of drug-likeness (QED) is 0.761. The average Bonchev–Trinajstić information content (AvgIpc) is 2.94. The summed E-state index contributed by atoms with van der Waals surface area (Å²) in [6.45, 7) is 1.86. The predicted octanol–water partition coefficient (Wildman–Crippen LogP) is 2.23. The fraction of sp³-hybridized carbons (Fsp3) is 0.154. The van der Waals surface area contributed by atoms with Gasteiger partial charge < -0.3 is 9.63 Å². The van der Waals surface area contributed by atoms with Gasteiger partial charge >= 0.3 is 5.97 Å². The monoisotopic (exact) mass is 257 g/mol. The van der Waals surface area contributed by atoms with Gasteiger partial charge in [-0.3, -0.25) is 4.68 Å². The zero-order valence-corrected chi connectivity index (χ0v) is 10.4. The minimum absolute atomic E-state index is 0.00532. The number of fused-ring (bicyclic) bond motifs is 1. The number of carboxylic acid groups (broad SMARTS) is 1. The van der Waals surface area contributed by atoms with Crippen molar-refractivity contribution in [3.8, 4) is 11.3 Å². The second kappa shape index (κ2) is 3.94. The van der Waals surface area contributed by atoms with Crippen molar-refractivity contribution in [1.29, 1.82) is 0 Å². The van der Waals surface area contributed by atoms with Gasteiger partial charge in [-0.2, -0.15) is 5.10 Å². The van der Waals surface area contributed by atoms with E-state index in [1.807, 2.05) is 25.1 Å². The van der Waals surface area contributed by atoms with E-state index in [1.165, 1.54) is 10.7 Å². The van der Waals surface area contributed by atoms with Gasteiger partial charge in [0.1, 0.15) is 0 Å². The fourth-order valence-electron chi connectivity index (χ4n) is 2.11. The number of hydrogen-bond acceptors (Lipinski definition) is 4. The number of rotatable bonds is 2. The van der Waals surface area contributed by atoms with Crippen LogP contribution in [0.15, 0.2) is 28.8 Å². The first-order valence-electron chi connectivity index (χ1n) is 5.70. The van der Waals surface area contributed by atoms with Crippen molar-refractivity contribution in [3.05, 3.63) is 35.7 Å². The molecule has 6 nitrogen and oxygen atoms in total. The second-order valence-electron chi connectivity index (χ2n) is 4.29. The molecule has 0 bridgehead atoms. The van der Waals surface area contributed by atoms with E-state index in [0.717, 1.165) is 16.6 Å². The van der Waals surface area contributed by atoms with Crippen LogP contribution in [-0.4, -0.2) is 26.0 Å². The van der Waals surface area contributed by atoms with Crippen molar-refractivity contribution in [1.82, 2.24) is 14.9 Å². The molecule has 0 aliphatic heterocycles. The number of para-hydroxylation sites is 1. The Hall–Kier alpha value is -2.63. The molecular formula is C13H11N3O3. The number of aryl methyl sites for hydroxylation is 2. The Morgan fingerprint density at radius 2 is 2.21 bits per heavy atom. The van der Waals surface area contributed by atoms with Crippen LogP contribution in [0, 0.1) is 6.92 Å². The van der Waals surface area contributed by atoms with Crippen LogP contribution in [0.4, 0.5) is 0 Å². The van der Waals surface area contributed by atoms with Gasteiger partial charge in [0.05, 0.1) is 11.4 Å². The summed E-state index contributed by atoms with van der Waals surface area (Å²) in [6.07, 6.45) is 0. The van der Waals surface area contributed by atoms with Crippen molar-refractivity contribution in [2.24, 2.45) is 7.05 Å². The summed E-state index contributed by atoms with van der Waals surface area (Å²) in [5.41, 5.74) is 2.91. The Kier molecular flexibility index (Phi) is 2.38. The highest BCUT2D eigenvalue weighted by Gasteiger charge is 2.17. The van der Waals surface area contributed by atoms with E-state index in [2.05, 4.69) is 10.3 Å². The van der Waals surface area contributed by atoms with Crippen LogP contribution < -0.4 is 0 Å². The SMILES string of the molecule is Cc1noc2c(-c3cc(C(=O)O)nn3C)cccc12. The number of hydrogen-bond donors (Lipinski definition) is 1. The van der Waals surface area contributed by atoms with Crippen LogP contribution in [0.25, 0.3) is 22.2 Å². The fourth-order valence-corrected chi connectivity index (χ4v) is 2.11. The number of carboxylic acids is 1. The lowest BCUT2D eigenvalue weighted by molar-refractivity contribution is 0.0689. The third-order valence-corrected chi connectivity index (χ3v) is 3.05. The molecule has 0 radical (unpaired) electrons. The van der Waals surface area contributed by atoms with Crippen LogP contribution >= 0.6 is 0 Å². The Labute approximate surface area is 108 Å². The van der Waals surface area contributed by atoms with Crippen LogP contribution in [0.3, 0.4) is 0 Å². The van der Waals surface area contributed by atoms with Crippen LogP contribution in [0.5, 0.6) is 0 Å². The Bertz CT molecular complexity index is 786. The third-order valence-electron chi connectivity index (χ3n) is 3.05. The standard InChI is InChI=1S/C13H11N3O3/c1-7-8-4-3-5-9(12(8)19-15-7)11-6-10(13(17)18)14-16(11)2/h3-6H,1-2H3,(H,17,18). The highest BCUT2D eigenvalue weighted by molar-refractivity contribution is 5.94. The number of nitrogens with zero attached hydrogens (tertiary/aromatic N) is 3. The molecule has 1 aromatic carbocycles. The van der Waals surface area contributed by atoms with Crippen molar-refractivity contribution in [2.45, 2.75) is 6.92 Å². The molecule has 6 heteroatoms. The molecule has 0 saturated heterocycles. The maximum atomic E-state index is 11.0. The molecule has 2 heterocycles. The van der Waals surface area contributed by atoms with Gasteiger partial charge in [-0.25, -0.2) is 4.79 Å². The van der Waals surface area contributed by atoms with E-state index >= 15 is 0 Å². The summed E-state index contributed by atoms with van der Waals surface area (Å²) in [6, 6.07) is 7.18. The number of aromatic nitrogens is 3. The minimum Gasteiger partial charge on any atom is -0.476 e. The summed E-state index contributed by atoms with van der Waals surface area (Å²) in [4.78, 5) is 11.0.